The van der Waals surface area contributed by atoms with Crippen LogP contribution < -0.4 is 19.6 Å². The van der Waals surface area contributed by atoms with Crippen LogP contribution >= 0.6 is 22.9 Å². The molecule has 0 N–H and O–H groups in total. The van der Waals surface area contributed by atoms with Crippen LogP contribution in [0.25, 0.3) is 34.5 Å². The van der Waals surface area contributed by atoms with Crippen molar-refractivity contribution in [2.24, 2.45) is 0 Å². The van der Waals surface area contributed by atoms with Gasteiger partial charge in [0, 0.05) is 16.7 Å². The van der Waals surface area contributed by atoms with Crippen LogP contribution in [-0.2, 0) is 0 Å². The van der Waals surface area contributed by atoms with E-state index >= 15 is 0 Å². The van der Waals surface area contributed by atoms with Crippen LogP contribution in [0.3, 0.4) is 0 Å². The highest BCUT2D eigenvalue weighted by Gasteiger charge is 2.11. The lowest BCUT2D eigenvalue weighted by molar-refractivity contribution is 0.355. The van der Waals surface area contributed by atoms with Crippen molar-refractivity contribution in [1.29, 1.82) is 0 Å². The van der Waals surface area contributed by atoms with Gasteiger partial charge in [0.15, 0.2) is 17.3 Å². The van der Waals surface area contributed by atoms with Crippen LogP contribution in [0.4, 0.5) is 0 Å². The standard InChI is InChI=1S/C25H18ClN3O4S/c1-31-20-9-6-15(12-21(20)32-2)7-11-23-27-25-29(28-23)24(30)22(34-25)14-18-8-10-19(33-18)16-4-3-5-17(26)13-16/h3-14H,1-2H3/b11-7+,22-14-. The van der Waals surface area contributed by atoms with Gasteiger partial charge in [-0.3, -0.25) is 4.79 Å². The summed E-state index contributed by atoms with van der Waals surface area (Å²) in [4.78, 5) is 17.8. The zero-order chi connectivity index (χ0) is 23.7. The predicted molar refractivity (Wildman–Crippen MR) is 134 cm³/mol. The van der Waals surface area contributed by atoms with Crippen molar-refractivity contribution in [3.63, 3.8) is 0 Å². The van der Waals surface area contributed by atoms with Gasteiger partial charge in [-0.2, -0.15) is 9.50 Å². The number of hydrogen-bond donors (Lipinski definition) is 0. The van der Waals surface area contributed by atoms with Crippen molar-refractivity contribution in [2.75, 3.05) is 14.2 Å². The Bertz CT molecular complexity index is 1630. The molecule has 0 atom stereocenters. The van der Waals surface area contributed by atoms with Gasteiger partial charge in [0.05, 0.1) is 14.2 Å². The fourth-order valence-electron chi connectivity index (χ4n) is 3.40. The number of halogens is 1. The molecule has 0 aliphatic carbocycles. The van der Waals surface area contributed by atoms with E-state index in [-0.39, 0.29) is 5.56 Å². The second-order valence-electron chi connectivity index (χ2n) is 7.24. The minimum Gasteiger partial charge on any atom is -0.493 e. The second-order valence-corrected chi connectivity index (χ2v) is 8.69. The number of nitrogens with zero attached hydrogens (tertiary/aromatic N) is 3. The van der Waals surface area contributed by atoms with E-state index in [0.29, 0.717) is 43.4 Å². The van der Waals surface area contributed by atoms with Gasteiger partial charge in [0.1, 0.15) is 16.1 Å². The highest BCUT2D eigenvalue weighted by molar-refractivity contribution is 7.15. The topological polar surface area (TPSA) is 78.9 Å². The lowest BCUT2D eigenvalue weighted by Crippen LogP contribution is -2.23. The quantitative estimate of drug-likeness (QED) is 0.339. The molecule has 3 aromatic heterocycles. The van der Waals surface area contributed by atoms with Crippen LogP contribution in [0.2, 0.25) is 5.02 Å². The molecular formula is C25H18ClN3O4S. The van der Waals surface area contributed by atoms with E-state index in [1.54, 1.807) is 32.4 Å². The summed E-state index contributed by atoms with van der Waals surface area (Å²) in [5, 5.41) is 4.95. The van der Waals surface area contributed by atoms with Gasteiger partial charge in [-0.15, -0.1) is 5.10 Å². The van der Waals surface area contributed by atoms with E-state index in [1.807, 2.05) is 54.6 Å². The Balaban J connectivity index is 1.41. The van der Waals surface area contributed by atoms with Gasteiger partial charge in [-0.05, 0) is 48.0 Å². The average molecular weight is 492 g/mol. The highest BCUT2D eigenvalue weighted by atomic mass is 35.5. The molecule has 0 aliphatic rings. The number of benzene rings is 2. The maximum absolute atomic E-state index is 12.8. The summed E-state index contributed by atoms with van der Waals surface area (Å²) < 4.78 is 18.2. The van der Waals surface area contributed by atoms with Gasteiger partial charge >= 0.3 is 0 Å². The first-order valence-corrected chi connectivity index (χ1v) is 11.4. The Morgan fingerprint density at radius 2 is 1.88 bits per heavy atom. The molecule has 2 aromatic carbocycles. The third-order valence-corrected chi connectivity index (χ3v) is 6.23. The average Bonchev–Trinajstić information content (AvgIpc) is 3.55. The van der Waals surface area contributed by atoms with Crippen molar-refractivity contribution in [2.45, 2.75) is 0 Å². The Labute approximate surface area is 203 Å². The maximum Gasteiger partial charge on any atom is 0.291 e. The van der Waals surface area contributed by atoms with Crippen LogP contribution in [0.15, 0.2) is 63.8 Å². The van der Waals surface area contributed by atoms with Crippen molar-refractivity contribution < 1.29 is 13.9 Å². The monoisotopic (exact) mass is 491 g/mol. The Kier molecular flexibility index (Phi) is 5.91. The van der Waals surface area contributed by atoms with Crippen molar-refractivity contribution in [3.05, 3.63) is 91.7 Å². The molecule has 3 heterocycles. The summed E-state index contributed by atoms with van der Waals surface area (Å²) in [5.41, 5.74) is 1.50. The smallest absolute Gasteiger partial charge is 0.291 e. The molecule has 0 saturated heterocycles. The molecular weight excluding hydrogens is 474 g/mol. The van der Waals surface area contributed by atoms with Crippen molar-refractivity contribution in [3.8, 4) is 22.8 Å². The summed E-state index contributed by atoms with van der Waals surface area (Å²) in [5.74, 6) is 2.94. The molecule has 0 unspecified atom stereocenters. The lowest BCUT2D eigenvalue weighted by Gasteiger charge is -2.07. The number of furan rings is 1. The highest BCUT2D eigenvalue weighted by Crippen LogP contribution is 2.28. The summed E-state index contributed by atoms with van der Waals surface area (Å²) in [6.07, 6.45) is 5.28. The van der Waals surface area contributed by atoms with E-state index in [4.69, 9.17) is 25.5 Å². The number of hydrogen-bond acceptors (Lipinski definition) is 7. The SMILES string of the molecule is COc1ccc(/C=C/c2nc3s/c(=C\c4ccc(-c5cccc(Cl)c5)o4)c(=O)n3n2)cc1OC. The molecule has 0 saturated carbocycles. The van der Waals surface area contributed by atoms with Crippen LogP contribution in [0.5, 0.6) is 11.5 Å². The number of thiazole rings is 1. The molecule has 0 spiro atoms. The normalized spacial score (nSPS) is 12.1. The fourth-order valence-corrected chi connectivity index (χ4v) is 4.49. The molecule has 0 amide bonds. The maximum atomic E-state index is 12.8. The zero-order valence-corrected chi connectivity index (χ0v) is 19.8. The van der Waals surface area contributed by atoms with E-state index in [0.717, 1.165) is 11.1 Å². The molecule has 34 heavy (non-hydrogen) atoms. The number of aromatic nitrogens is 3. The molecule has 170 valence electrons. The minimum atomic E-state index is -0.251. The van der Waals surface area contributed by atoms with Gasteiger partial charge in [0.2, 0.25) is 4.96 Å². The molecule has 0 fully saturated rings. The third-order valence-electron chi connectivity index (χ3n) is 5.04. The first kappa shape index (κ1) is 21.9. The van der Waals surface area contributed by atoms with E-state index in [9.17, 15) is 4.79 Å². The number of ether oxygens (including phenoxy) is 2. The largest absolute Gasteiger partial charge is 0.493 e. The van der Waals surface area contributed by atoms with E-state index in [2.05, 4.69) is 10.1 Å². The summed E-state index contributed by atoms with van der Waals surface area (Å²) in [6.45, 7) is 0. The summed E-state index contributed by atoms with van der Waals surface area (Å²) >= 11 is 7.31. The van der Waals surface area contributed by atoms with Crippen molar-refractivity contribution in [1.82, 2.24) is 14.6 Å². The zero-order valence-electron chi connectivity index (χ0n) is 18.2. The molecule has 0 aliphatic heterocycles. The molecule has 9 heteroatoms. The van der Waals surface area contributed by atoms with Crippen LogP contribution in [0.1, 0.15) is 17.1 Å². The number of fused-ring (bicyclic) bond motifs is 1. The van der Waals surface area contributed by atoms with Crippen molar-refractivity contribution >= 4 is 46.1 Å². The molecule has 0 bridgehead atoms. The molecule has 7 nitrogen and oxygen atoms in total. The lowest BCUT2D eigenvalue weighted by atomic mass is 10.2. The third kappa shape index (κ3) is 4.33. The Morgan fingerprint density at radius 1 is 1.03 bits per heavy atom. The van der Waals surface area contributed by atoms with Gasteiger partial charge in [-0.25, -0.2) is 0 Å². The van der Waals surface area contributed by atoms with Gasteiger partial charge < -0.3 is 13.9 Å². The number of methoxy groups -OCH3 is 2. The minimum absolute atomic E-state index is 0.251. The Hall–Kier alpha value is -3.88. The van der Waals surface area contributed by atoms with Crippen LogP contribution in [0, 0.1) is 0 Å². The number of rotatable bonds is 6. The van der Waals surface area contributed by atoms with E-state index in [1.165, 1.54) is 15.9 Å². The predicted octanol–water partition coefficient (Wildman–Crippen LogP) is 4.80. The summed E-state index contributed by atoms with van der Waals surface area (Å²) in [7, 11) is 3.17. The first-order chi connectivity index (χ1) is 16.5. The molecule has 5 rings (SSSR count). The van der Waals surface area contributed by atoms with Crippen LogP contribution in [-0.4, -0.2) is 28.8 Å². The molecule has 5 aromatic rings. The van der Waals surface area contributed by atoms with E-state index < -0.39 is 0 Å². The first-order valence-electron chi connectivity index (χ1n) is 10.2. The fraction of sp³-hybridized carbons (Fsp3) is 0.0800. The summed E-state index contributed by atoms with van der Waals surface area (Å²) in [6, 6.07) is 16.6. The second kappa shape index (κ2) is 9.17. The molecule has 0 radical (unpaired) electrons. The van der Waals surface area contributed by atoms with Gasteiger partial charge in [-0.1, -0.05) is 47.2 Å². The Morgan fingerprint density at radius 3 is 2.65 bits per heavy atom. The van der Waals surface area contributed by atoms with Gasteiger partial charge in [0.25, 0.3) is 5.56 Å².